The van der Waals surface area contributed by atoms with Gasteiger partial charge >= 0.3 is 0 Å². The standard InChI is InChI=1S/C12H22F2N2/c13-12(14)5-1-3-10(7-12)8-16-6-2-4-11(15)9-16/h10-11H,1-9,15H2/t10?,11-/m1/s1. The number of rotatable bonds is 2. The van der Waals surface area contributed by atoms with Crippen LogP contribution < -0.4 is 5.73 Å². The van der Waals surface area contributed by atoms with Gasteiger partial charge in [0.15, 0.2) is 0 Å². The van der Waals surface area contributed by atoms with Crippen LogP contribution in [0.1, 0.15) is 38.5 Å². The Kier molecular flexibility index (Phi) is 3.80. The minimum atomic E-state index is -2.42. The number of hydrogen-bond acceptors (Lipinski definition) is 2. The molecule has 4 heteroatoms. The molecule has 2 atom stereocenters. The first-order valence-electron chi connectivity index (χ1n) is 6.41. The molecule has 2 fully saturated rings. The molecule has 0 radical (unpaired) electrons. The van der Waals surface area contributed by atoms with Gasteiger partial charge in [0.2, 0.25) is 5.92 Å². The van der Waals surface area contributed by atoms with Gasteiger partial charge in [0.05, 0.1) is 0 Å². The molecule has 1 unspecified atom stereocenters. The van der Waals surface area contributed by atoms with E-state index in [1.54, 1.807) is 0 Å². The van der Waals surface area contributed by atoms with E-state index >= 15 is 0 Å². The summed E-state index contributed by atoms with van der Waals surface area (Å²) in [5.41, 5.74) is 5.89. The molecule has 94 valence electrons. The van der Waals surface area contributed by atoms with Crippen molar-refractivity contribution in [2.75, 3.05) is 19.6 Å². The van der Waals surface area contributed by atoms with Crippen molar-refractivity contribution >= 4 is 0 Å². The predicted octanol–water partition coefficient (Wildman–Crippen LogP) is 2.24. The summed E-state index contributed by atoms with van der Waals surface area (Å²) in [7, 11) is 0. The molecule has 2 aliphatic rings. The van der Waals surface area contributed by atoms with Crippen molar-refractivity contribution in [3.8, 4) is 0 Å². The second-order valence-electron chi connectivity index (χ2n) is 5.48. The molecule has 0 aromatic heterocycles. The van der Waals surface area contributed by atoms with Crippen LogP contribution in [0.15, 0.2) is 0 Å². The van der Waals surface area contributed by atoms with Crippen molar-refractivity contribution in [1.29, 1.82) is 0 Å². The third kappa shape index (κ3) is 3.39. The minimum Gasteiger partial charge on any atom is -0.327 e. The van der Waals surface area contributed by atoms with Gasteiger partial charge in [0.1, 0.15) is 0 Å². The third-order valence-electron chi connectivity index (χ3n) is 3.80. The highest BCUT2D eigenvalue weighted by molar-refractivity contribution is 4.83. The topological polar surface area (TPSA) is 29.3 Å². The van der Waals surface area contributed by atoms with Crippen molar-refractivity contribution in [3.05, 3.63) is 0 Å². The second-order valence-corrected chi connectivity index (χ2v) is 5.48. The van der Waals surface area contributed by atoms with Gasteiger partial charge in [-0.05, 0) is 38.1 Å². The maximum absolute atomic E-state index is 13.2. The summed E-state index contributed by atoms with van der Waals surface area (Å²) in [6, 6.07) is 0.248. The summed E-state index contributed by atoms with van der Waals surface area (Å²) in [4.78, 5) is 2.28. The summed E-state index contributed by atoms with van der Waals surface area (Å²) >= 11 is 0. The summed E-state index contributed by atoms with van der Waals surface area (Å²) < 4.78 is 26.5. The monoisotopic (exact) mass is 232 g/mol. The van der Waals surface area contributed by atoms with Gasteiger partial charge in [-0.2, -0.15) is 0 Å². The predicted molar refractivity (Wildman–Crippen MR) is 60.6 cm³/mol. The number of hydrogen-bond donors (Lipinski definition) is 1. The zero-order valence-electron chi connectivity index (χ0n) is 9.80. The maximum Gasteiger partial charge on any atom is 0.248 e. The van der Waals surface area contributed by atoms with Crippen LogP contribution >= 0.6 is 0 Å². The molecule has 2 rings (SSSR count). The van der Waals surface area contributed by atoms with E-state index in [0.717, 1.165) is 38.9 Å². The first kappa shape index (κ1) is 12.2. The molecule has 1 saturated carbocycles. The smallest absolute Gasteiger partial charge is 0.248 e. The Hall–Kier alpha value is -0.220. The van der Waals surface area contributed by atoms with E-state index in [4.69, 9.17) is 5.73 Å². The average Bonchev–Trinajstić information content (AvgIpc) is 2.15. The Morgan fingerprint density at radius 1 is 1.25 bits per heavy atom. The van der Waals surface area contributed by atoms with Crippen LogP contribution in [0.2, 0.25) is 0 Å². The lowest BCUT2D eigenvalue weighted by atomic mass is 9.86. The van der Waals surface area contributed by atoms with Crippen LogP contribution in [0.25, 0.3) is 0 Å². The third-order valence-corrected chi connectivity index (χ3v) is 3.80. The van der Waals surface area contributed by atoms with E-state index < -0.39 is 5.92 Å². The number of nitrogens with two attached hydrogens (primary N) is 1. The Morgan fingerprint density at radius 2 is 2.06 bits per heavy atom. The van der Waals surface area contributed by atoms with Crippen LogP contribution in [0.3, 0.4) is 0 Å². The number of halogens is 2. The lowest BCUT2D eigenvalue weighted by molar-refractivity contribution is -0.0576. The second kappa shape index (κ2) is 4.96. The van der Waals surface area contributed by atoms with Crippen LogP contribution in [-0.4, -0.2) is 36.5 Å². The Balaban J connectivity index is 1.80. The Morgan fingerprint density at radius 3 is 2.75 bits per heavy atom. The van der Waals surface area contributed by atoms with Crippen LogP contribution in [0.5, 0.6) is 0 Å². The highest BCUT2D eigenvalue weighted by atomic mass is 19.3. The van der Waals surface area contributed by atoms with Gasteiger partial charge in [0.25, 0.3) is 0 Å². The molecule has 2 N–H and O–H groups in total. The molecule has 1 aliphatic carbocycles. The lowest BCUT2D eigenvalue weighted by Crippen LogP contribution is -2.45. The lowest BCUT2D eigenvalue weighted by Gasteiger charge is -2.36. The van der Waals surface area contributed by atoms with Crippen LogP contribution in [-0.2, 0) is 0 Å². The van der Waals surface area contributed by atoms with Crippen molar-refractivity contribution in [2.45, 2.75) is 50.5 Å². The van der Waals surface area contributed by atoms with Gasteiger partial charge in [-0.1, -0.05) is 0 Å². The summed E-state index contributed by atoms with van der Waals surface area (Å²) in [6.07, 6.45) is 4.00. The first-order valence-corrected chi connectivity index (χ1v) is 6.41. The molecule has 1 saturated heterocycles. The normalized spacial score (nSPS) is 36.2. The quantitative estimate of drug-likeness (QED) is 0.791. The number of nitrogens with zero attached hydrogens (tertiary/aromatic N) is 1. The van der Waals surface area contributed by atoms with Gasteiger partial charge in [-0.3, -0.25) is 0 Å². The van der Waals surface area contributed by atoms with E-state index in [9.17, 15) is 8.78 Å². The van der Waals surface area contributed by atoms with Crippen molar-refractivity contribution in [1.82, 2.24) is 4.90 Å². The van der Waals surface area contributed by atoms with E-state index in [1.165, 1.54) is 0 Å². The molecule has 0 bridgehead atoms. The van der Waals surface area contributed by atoms with Crippen LogP contribution in [0, 0.1) is 5.92 Å². The first-order chi connectivity index (χ1) is 7.55. The maximum atomic E-state index is 13.2. The summed E-state index contributed by atoms with van der Waals surface area (Å²) in [5, 5.41) is 0. The molecule has 16 heavy (non-hydrogen) atoms. The van der Waals surface area contributed by atoms with Crippen LogP contribution in [0.4, 0.5) is 8.78 Å². The average molecular weight is 232 g/mol. The molecule has 0 spiro atoms. The molecular weight excluding hydrogens is 210 g/mol. The number of alkyl halides is 2. The zero-order valence-corrected chi connectivity index (χ0v) is 9.80. The summed E-state index contributed by atoms with van der Waals surface area (Å²) in [6.45, 7) is 2.75. The summed E-state index contributed by atoms with van der Waals surface area (Å²) in [5.74, 6) is -2.24. The molecule has 0 aromatic rings. The largest absolute Gasteiger partial charge is 0.327 e. The molecule has 1 heterocycles. The fraction of sp³-hybridized carbons (Fsp3) is 1.00. The fourth-order valence-corrected chi connectivity index (χ4v) is 3.05. The molecule has 0 amide bonds. The number of piperidine rings is 1. The highest BCUT2D eigenvalue weighted by Gasteiger charge is 2.36. The molecule has 0 aromatic carbocycles. The zero-order chi connectivity index (χ0) is 11.6. The van der Waals surface area contributed by atoms with Gasteiger partial charge in [-0.15, -0.1) is 0 Å². The van der Waals surface area contributed by atoms with E-state index in [-0.39, 0.29) is 24.8 Å². The minimum absolute atomic E-state index is 0.0821. The molecule has 1 aliphatic heterocycles. The SMILES string of the molecule is N[C@@H]1CCCN(CC2CCCC(F)(F)C2)C1. The van der Waals surface area contributed by atoms with Crippen molar-refractivity contribution < 1.29 is 8.78 Å². The van der Waals surface area contributed by atoms with Crippen molar-refractivity contribution in [3.63, 3.8) is 0 Å². The van der Waals surface area contributed by atoms with Gasteiger partial charge in [0, 0.05) is 32.0 Å². The number of likely N-dealkylation sites (tertiary alicyclic amines) is 1. The van der Waals surface area contributed by atoms with Crippen molar-refractivity contribution in [2.24, 2.45) is 11.7 Å². The fourth-order valence-electron chi connectivity index (χ4n) is 3.05. The molecule has 2 nitrogen and oxygen atoms in total. The van der Waals surface area contributed by atoms with E-state index in [1.807, 2.05) is 0 Å². The van der Waals surface area contributed by atoms with E-state index in [2.05, 4.69) is 4.90 Å². The highest BCUT2D eigenvalue weighted by Crippen LogP contribution is 2.37. The Labute approximate surface area is 96.2 Å². The van der Waals surface area contributed by atoms with Gasteiger partial charge in [-0.25, -0.2) is 8.78 Å². The molecular formula is C12H22F2N2. The Bertz CT molecular complexity index is 233. The van der Waals surface area contributed by atoms with Gasteiger partial charge < -0.3 is 10.6 Å². The van der Waals surface area contributed by atoms with E-state index in [0.29, 0.717) is 6.42 Å².